The Hall–Kier alpha value is -2.74. The van der Waals surface area contributed by atoms with E-state index < -0.39 is 17.0 Å². The minimum absolute atomic E-state index is 0.0339. The SMILES string of the molecule is Cc1ccc2nccc(N3CC[C@@](O)(CN(C)C(=O)CC4(CC(=O)O)CCCC4)C3)c2n1. The zero-order valence-electron chi connectivity index (χ0n) is 18.9. The number of amides is 1. The fraction of sp³-hybridized carbons (Fsp3) is 0.583. The van der Waals surface area contributed by atoms with Crippen molar-refractivity contribution in [3.8, 4) is 0 Å². The van der Waals surface area contributed by atoms with Crippen molar-refractivity contribution in [1.29, 1.82) is 0 Å². The van der Waals surface area contributed by atoms with Crippen LogP contribution in [0.25, 0.3) is 11.0 Å². The van der Waals surface area contributed by atoms with Gasteiger partial charge in [0, 0.05) is 38.4 Å². The van der Waals surface area contributed by atoms with E-state index in [-0.39, 0.29) is 25.3 Å². The standard InChI is InChI=1S/C24H32N4O4/c1-17-5-6-18-22(26-17)19(7-11-25-18)28-12-10-24(32,16-28)15-27(2)20(29)13-23(14-21(30)31)8-3-4-9-23/h5-7,11,32H,3-4,8-10,12-16H2,1-2H3,(H,30,31)/t24-/m1/s1. The second kappa shape index (κ2) is 8.65. The first-order chi connectivity index (χ1) is 15.2. The van der Waals surface area contributed by atoms with Crippen molar-refractivity contribution >= 4 is 28.6 Å². The normalized spacial score (nSPS) is 22.4. The van der Waals surface area contributed by atoms with Gasteiger partial charge in [-0.1, -0.05) is 12.8 Å². The average Bonchev–Trinajstić information content (AvgIpc) is 3.33. The van der Waals surface area contributed by atoms with E-state index >= 15 is 0 Å². The quantitative estimate of drug-likeness (QED) is 0.682. The highest BCUT2D eigenvalue weighted by molar-refractivity contribution is 5.88. The average molecular weight is 441 g/mol. The number of aromatic nitrogens is 2. The van der Waals surface area contributed by atoms with Crippen LogP contribution in [-0.4, -0.2) is 69.2 Å². The van der Waals surface area contributed by atoms with Crippen molar-refractivity contribution in [3.63, 3.8) is 0 Å². The molecule has 1 amide bonds. The molecule has 2 N–H and O–H groups in total. The number of likely N-dealkylation sites (N-methyl/N-ethyl adjacent to an activating group) is 1. The molecule has 1 saturated heterocycles. The number of aliphatic hydroxyl groups is 1. The van der Waals surface area contributed by atoms with E-state index in [0.29, 0.717) is 19.5 Å². The third-order valence-corrected chi connectivity index (χ3v) is 7.05. The molecule has 1 saturated carbocycles. The number of hydrogen-bond donors (Lipinski definition) is 2. The van der Waals surface area contributed by atoms with E-state index in [1.54, 1.807) is 18.1 Å². The summed E-state index contributed by atoms with van der Waals surface area (Å²) in [6.07, 6.45) is 6.05. The van der Waals surface area contributed by atoms with Crippen LogP contribution in [0.1, 0.15) is 50.6 Å². The molecule has 2 fully saturated rings. The summed E-state index contributed by atoms with van der Waals surface area (Å²) in [6.45, 7) is 3.23. The third-order valence-electron chi connectivity index (χ3n) is 7.05. The number of carbonyl (C=O) groups is 2. The summed E-state index contributed by atoms with van der Waals surface area (Å²) in [6, 6.07) is 5.80. The molecule has 1 atom stereocenters. The van der Waals surface area contributed by atoms with Crippen LogP contribution >= 0.6 is 0 Å². The molecule has 2 aliphatic rings. The summed E-state index contributed by atoms with van der Waals surface area (Å²) in [7, 11) is 1.71. The van der Waals surface area contributed by atoms with Gasteiger partial charge in [0.1, 0.15) is 11.1 Å². The summed E-state index contributed by atoms with van der Waals surface area (Å²) in [5.41, 5.74) is 2.01. The number of carboxylic acids is 1. The summed E-state index contributed by atoms with van der Waals surface area (Å²) in [5.74, 6) is -0.937. The number of pyridine rings is 2. The number of carboxylic acid groups (broad SMARTS) is 1. The van der Waals surface area contributed by atoms with Gasteiger partial charge in [0.25, 0.3) is 0 Å². The Morgan fingerprint density at radius 1 is 1.16 bits per heavy atom. The highest BCUT2D eigenvalue weighted by Gasteiger charge is 2.42. The fourth-order valence-electron chi connectivity index (χ4n) is 5.40. The third kappa shape index (κ3) is 4.70. The molecule has 1 aliphatic carbocycles. The van der Waals surface area contributed by atoms with E-state index in [2.05, 4.69) is 14.9 Å². The molecular formula is C24H32N4O4. The first-order valence-electron chi connectivity index (χ1n) is 11.3. The van der Waals surface area contributed by atoms with Crippen molar-refractivity contribution in [1.82, 2.24) is 14.9 Å². The van der Waals surface area contributed by atoms with E-state index in [9.17, 15) is 19.8 Å². The number of fused-ring (bicyclic) bond motifs is 1. The van der Waals surface area contributed by atoms with Crippen molar-refractivity contribution in [2.24, 2.45) is 5.41 Å². The zero-order valence-corrected chi connectivity index (χ0v) is 18.9. The van der Waals surface area contributed by atoms with E-state index in [0.717, 1.165) is 48.1 Å². The maximum Gasteiger partial charge on any atom is 0.303 e. The molecule has 0 spiro atoms. The molecule has 8 nitrogen and oxygen atoms in total. The minimum atomic E-state index is -1.03. The second-order valence-electron chi connectivity index (χ2n) is 9.75. The van der Waals surface area contributed by atoms with Gasteiger partial charge >= 0.3 is 5.97 Å². The smallest absolute Gasteiger partial charge is 0.303 e. The van der Waals surface area contributed by atoms with Gasteiger partial charge in [-0.3, -0.25) is 14.6 Å². The highest BCUT2D eigenvalue weighted by Crippen LogP contribution is 2.44. The van der Waals surface area contributed by atoms with Crippen LogP contribution in [0, 0.1) is 12.3 Å². The van der Waals surface area contributed by atoms with Gasteiger partial charge < -0.3 is 20.0 Å². The van der Waals surface area contributed by atoms with Crippen molar-refractivity contribution in [3.05, 3.63) is 30.1 Å². The number of rotatable bonds is 7. The van der Waals surface area contributed by atoms with Gasteiger partial charge in [0.2, 0.25) is 5.91 Å². The molecule has 1 aliphatic heterocycles. The number of aryl methyl sites for hydroxylation is 1. The molecule has 0 radical (unpaired) electrons. The van der Waals surface area contributed by atoms with Crippen LogP contribution in [0.4, 0.5) is 5.69 Å². The molecule has 172 valence electrons. The summed E-state index contributed by atoms with van der Waals surface area (Å²) in [4.78, 5) is 37.0. The van der Waals surface area contributed by atoms with E-state index in [1.807, 2.05) is 25.1 Å². The number of nitrogens with zero attached hydrogens (tertiary/aromatic N) is 4. The second-order valence-corrected chi connectivity index (χ2v) is 9.75. The van der Waals surface area contributed by atoms with Crippen LogP contribution in [-0.2, 0) is 9.59 Å². The zero-order chi connectivity index (χ0) is 22.9. The molecule has 4 rings (SSSR count). The van der Waals surface area contributed by atoms with Crippen molar-refractivity contribution in [2.75, 3.05) is 31.6 Å². The van der Waals surface area contributed by atoms with Gasteiger partial charge in [0.15, 0.2) is 0 Å². The van der Waals surface area contributed by atoms with Gasteiger partial charge in [0.05, 0.1) is 24.2 Å². The summed E-state index contributed by atoms with van der Waals surface area (Å²) < 4.78 is 0. The Morgan fingerprint density at radius 3 is 2.62 bits per heavy atom. The van der Waals surface area contributed by atoms with E-state index in [1.165, 1.54) is 0 Å². The molecule has 0 unspecified atom stereocenters. The maximum absolute atomic E-state index is 13.0. The minimum Gasteiger partial charge on any atom is -0.481 e. The van der Waals surface area contributed by atoms with Crippen LogP contribution in [0.15, 0.2) is 24.4 Å². The Bertz CT molecular complexity index is 1020. The van der Waals surface area contributed by atoms with Crippen LogP contribution < -0.4 is 4.90 Å². The summed E-state index contributed by atoms with van der Waals surface area (Å²) >= 11 is 0. The predicted molar refractivity (Wildman–Crippen MR) is 121 cm³/mol. The Balaban J connectivity index is 1.43. The first-order valence-corrected chi connectivity index (χ1v) is 11.3. The van der Waals surface area contributed by atoms with Crippen LogP contribution in [0.5, 0.6) is 0 Å². The molecule has 0 aromatic carbocycles. The number of anilines is 1. The topological polar surface area (TPSA) is 107 Å². The first kappa shape index (κ1) is 22.5. The van der Waals surface area contributed by atoms with E-state index in [4.69, 9.17) is 0 Å². The predicted octanol–water partition coefficient (Wildman–Crippen LogP) is 2.76. The molecular weight excluding hydrogens is 408 g/mol. The number of carbonyl (C=O) groups excluding carboxylic acids is 1. The lowest BCUT2D eigenvalue weighted by Crippen LogP contribution is -2.46. The van der Waals surface area contributed by atoms with Crippen molar-refractivity contribution < 1.29 is 19.8 Å². The van der Waals surface area contributed by atoms with Crippen LogP contribution in [0.2, 0.25) is 0 Å². The molecule has 2 aromatic rings. The number of hydrogen-bond acceptors (Lipinski definition) is 6. The monoisotopic (exact) mass is 440 g/mol. The van der Waals surface area contributed by atoms with Crippen molar-refractivity contribution in [2.45, 2.75) is 57.5 Å². The van der Waals surface area contributed by atoms with Gasteiger partial charge in [-0.05, 0) is 49.8 Å². The maximum atomic E-state index is 13.0. The largest absolute Gasteiger partial charge is 0.481 e. The molecule has 8 heteroatoms. The Kier molecular flexibility index (Phi) is 6.07. The van der Waals surface area contributed by atoms with Crippen LogP contribution in [0.3, 0.4) is 0 Å². The molecule has 32 heavy (non-hydrogen) atoms. The van der Waals surface area contributed by atoms with Gasteiger partial charge in [-0.25, -0.2) is 4.98 Å². The van der Waals surface area contributed by atoms with Gasteiger partial charge in [-0.2, -0.15) is 0 Å². The lowest BCUT2D eigenvalue weighted by Gasteiger charge is -2.33. The number of β-amino-alcohol motifs (C(OH)–C–C–N with tert-alkyl or cyclic N) is 1. The Morgan fingerprint density at radius 2 is 1.91 bits per heavy atom. The Labute approximate surface area is 188 Å². The lowest BCUT2D eigenvalue weighted by atomic mass is 9.79. The molecule has 2 aromatic heterocycles. The molecule has 0 bridgehead atoms. The summed E-state index contributed by atoms with van der Waals surface area (Å²) in [5, 5.41) is 20.6. The number of aliphatic carboxylic acids is 1. The van der Waals surface area contributed by atoms with Gasteiger partial charge in [-0.15, -0.1) is 0 Å². The highest BCUT2D eigenvalue weighted by atomic mass is 16.4. The fourth-order valence-corrected chi connectivity index (χ4v) is 5.40. The molecule has 3 heterocycles. The lowest BCUT2D eigenvalue weighted by molar-refractivity contribution is -0.142.